The van der Waals surface area contributed by atoms with Crippen LogP contribution in [0.1, 0.15) is 49.9 Å². The Morgan fingerprint density at radius 3 is 1.74 bits per heavy atom. The monoisotopic (exact) mass is 783 g/mol. The summed E-state index contributed by atoms with van der Waals surface area (Å²) in [5, 5.41) is 6.64. The van der Waals surface area contributed by atoms with Crippen LogP contribution in [0.15, 0.2) is 185 Å². The van der Waals surface area contributed by atoms with Crippen LogP contribution in [-0.2, 0) is 10.8 Å². The van der Waals surface area contributed by atoms with Gasteiger partial charge in [0.25, 0.3) is 0 Å². The molecule has 0 unspecified atom stereocenters. The number of anilines is 3. The maximum atomic E-state index is 7.19. The Labute approximate surface area is 354 Å². The van der Waals surface area contributed by atoms with E-state index in [1.807, 2.05) is 6.07 Å². The van der Waals surface area contributed by atoms with Crippen molar-refractivity contribution in [2.45, 2.75) is 38.5 Å². The summed E-state index contributed by atoms with van der Waals surface area (Å²) in [6, 6.07) is 64.5. The molecule has 3 nitrogen and oxygen atoms in total. The third-order valence-electron chi connectivity index (χ3n) is 14.0. The summed E-state index contributed by atoms with van der Waals surface area (Å²) in [5.74, 6) is 0. The minimum atomic E-state index is -0.175. The Hall–Kier alpha value is -7.36. The molecular formula is C58H41NO2. The van der Waals surface area contributed by atoms with Gasteiger partial charge in [0, 0.05) is 43.4 Å². The Kier molecular flexibility index (Phi) is 6.85. The molecule has 2 aliphatic rings. The molecule has 0 saturated heterocycles. The van der Waals surface area contributed by atoms with Gasteiger partial charge in [-0.3, -0.25) is 0 Å². The maximum absolute atomic E-state index is 7.19. The van der Waals surface area contributed by atoms with Gasteiger partial charge in [0.1, 0.15) is 16.7 Å². The molecule has 0 spiro atoms. The Bertz CT molecular complexity index is 3660. The maximum Gasteiger partial charge on any atom is 0.159 e. The van der Waals surface area contributed by atoms with E-state index in [9.17, 15) is 0 Å². The molecule has 0 fully saturated rings. The van der Waals surface area contributed by atoms with Crippen molar-refractivity contribution in [2.75, 3.05) is 4.90 Å². The third kappa shape index (κ3) is 4.69. The van der Waals surface area contributed by atoms with E-state index in [4.69, 9.17) is 8.83 Å². The summed E-state index contributed by atoms with van der Waals surface area (Å²) in [6.07, 6.45) is 0. The van der Waals surface area contributed by atoms with Gasteiger partial charge in [0.05, 0.1) is 11.4 Å². The fraction of sp³-hybridized carbons (Fsp3) is 0.103. The molecule has 61 heavy (non-hydrogen) atoms. The summed E-state index contributed by atoms with van der Waals surface area (Å²) in [4.78, 5) is 2.45. The zero-order valence-electron chi connectivity index (χ0n) is 34.5. The Morgan fingerprint density at radius 2 is 0.967 bits per heavy atom. The molecule has 13 rings (SSSR count). The van der Waals surface area contributed by atoms with Crippen LogP contribution in [-0.4, -0.2) is 0 Å². The van der Waals surface area contributed by atoms with Gasteiger partial charge in [-0.1, -0.05) is 149 Å². The minimum Gasteiger partial charge on any atom is -0.456 e. The van der Waals surface area contributed by atoms with Crippen LogP contribution in [0.5, 0.6) is 0 Å². The first-order valence-electron chi connectivity index (χ1n) is 21.3. The van der Waals surface area contributed by atoms with E-state index in [-0.39, 0.29) is 10.8 Å². The molecule has 0 amide bonds. The van der Waals surface area contributed by atoms with Gasteiger partial charge < -0.3 is 13.7 Å². The number of nitrogens with zero attached hydrogens (tertiary/aromatic N) is 1. The van der Waals surface area contributed by atoms with E-state index in [2.05, 4.69) is 202 Å². The average Bonchev–Trinajstić information content (AvgIpc) is 3.99. The van der Waals surface area contributed by atoms with Crippen molar-refractivity contribution < 1.29 is 8.83 Å². The van der Waals surface area contributed by atoms with Crippen LogP contribution in [0.2, 0.25) is 0 Å². The number of furan rings is 2. The molecule has 0 radical (unpaired) electrons. The highest BCUT2D eigenvalue weighted by atomic mass is 16.3. The number of fused-ring (bicyclic) bond motifs is 14. The molecule has 290 valence electrons. The lowest BCUT2D eigenvalue weighted by Gasteiger charge is -2.29. The zero-order valence-corrected chi connectivity index (χ0v) is 34.5. The topological polar surface area (TPSA) is 29.5 Å². The minimum absolute atomic E-state index is 0.136. The molecule has 0 atom stereocenters. The van der Waals surface area contributed by atoms with Gasteiger partial charge in [-0.05, 0) is 116 Å². The fourth-order valence-electron chi connectivity index (χ4n) is 11.0. The first-order valence-corrected chi connectivity index (χ1v) is 21.3. The number of para-hydroxylation sites is 1. The third-order valence-corrected chi connectivity index (χ3v) is 14.0. The van der Waals surface area contributed by atoms with E-state index in [0.29, 0.717) is 0 Å². The molecule has 2 aliphatic carbocycles. The van der Waals surface area contributed by atoms with Crippen molar-refractivity contribution in [3.8, 4) is 33.4 Å². The van der Waals surface area contributed by atoms with Gasteiger partial charge in [-0.25, -0.2) is 0 Å². The second-order valence-electron chi connectivity index (χ2n) is 18.0. The quantitative estimate of drug-likeness (QED) is 0.178. The van der Waals surface area contributed by atoms with Crippen LogP contribution in [0, 0.1) is 0 Å². The zero-order chi connectivity index (χ0) is 40.8. The second kappa shape index (κ2) is 12.1. The molecule has 0 aliphatic heterocycles. The molecule has 2 aromatic heterocycles. The Balaban J connectivity index is 1.14. The molecule has 3 heteroatoms. The molecule has 2 heterocycles. The smallest absolute Gasteiger partial charge is 0.159 e. The molecule has 0 saturated carbocycles. The largest absolute Gasteiger partial charge is 0.456 e. The summed E-state index contributed by atoms with van der Waals surface area (Å²) < 4.78 is 13.7. The summed E-state index contributed by atoms with van der Waals surface area (Å²) in [6.45, 7) is 9.43. The van der Waals surface area contributed by atoms with Crippen LogP contribution >= 0.6 is 0 Å². The van der Waals surface area contributed by atoms with E-state index in [1.165, 1.54) is 60.8 Å². The number of benzene rings is 9. The van der Waals surface area contributed by atoms with Crippen LogP contribution < -0.4 is 4.90 Å². The highest BCUT2D eigenvalue weighted by molar-refractivity contribution is 6.27. The fourth-order valence-corrected chi connectivity index (χ4v) is 11.0. The summed E-state index contributed by atoms with van der Waals surface area (Å²) >= 11 is 0. The number of hydrogen-bond acceptors (Lipinski definition) is 3. The van der Waals surface area contributed by atoms with E-state index < -0.39 is 0 Å². The van der Waals surface area contributed by atoms with Crippen molar-refractivity contribution in [3.05, 3.63) is 198 Å². The first kappa shape index (κ1) is 34.5. The first-order chi connectivity index (χ1) is 29.8. The van der Waals surface area contributed by atoms with Gasteiger partial charge >= 0.3 is 0 Å². The molecule has 0 bridgehead atoms. The molecule has 0 N–H and O–H groups in total. The molecule has 9 aromatic carbocycles. The predicted molar refractivity (Wildman–Crippen MR) is 254 cm³/mol. The molecular weight excluding hydrogens is 743 g/mol. The molecule has 11 aromatic rings. The Morgan fingerprint density at radius 1 is 0.377 bits per heavy atom. The summed E-state index contributed by atoms with van der Waals surface area (Å²) in [7, 11) is 0. The average molecular weight is 784 g/mol. The number of rotatable bonds is 4. The van der Waals surface area contributed by atoms with Crippen molar-refractivity contribution in [2.24, 2.45) is 0 Å². The van der Waals surface area contributed by atoms with Crippen molar-refractivity contribution in [1.82, 2.24) is 0 Å². The lowest BCUT2D eigenvalue weighted by atomic mass is 9.81. The van der Waals surface area contributed by atoms with Crippen LogP contribution in [0.4, 0.5) is 17.1 Å². The highest BCUT2D eigenvalue weighted by Crippen LogP contribution is 2.54. The lowest BCUT2D eigenvalue weighted by molar-refractivity contribution is 0.660. The normalized spacial score (nSPS) is 14.5. The van der Waals surface area contributed by atoms with Gasteiger partial charge in [-0.2, -0.15) is 0 Å². The van der Waals surface area contributed by atoms with Gasteiger partial charge in [0.15, 0.2) is 5.58 Å². The highest BCUT2D eigenvalue weighted by Gasteiger charge is 2.37. The lowest BCUT2D eigenvalue weighted by Crippen LogP contribution is -2.17. The van der Waals surface area contributed by atoms with Crippen molar-refractivity contribution >= 4 is 71.7 Å². The van der Waals surface area contributed by atoms with E-state index in [0.717, 1.165) is 66.5 Å². The van der Waals surface area contributed by atoms with E-state index >= 15 is 0 Å². The van der Waals surface area contributed by atoms with Crippen LogP contribution in [0.25, 0.3) is 88.0 Å². The van der Waals surface area contributed by atoms with Crippen molar-refractivity contribution in [1.29, 1.82) is 0 Å². The van der Waals surface area contributed by atoms with E-state index in [1.54, 1.807) is 0 Å². The second-order valence-corrected chi connectivity index (χ2v) is 18.0. The number of hydrogen-bond donors (Lipinski definition) is 0. The van der Waals surface area contributed by atoms with Crippen LogP contribution in [0.3, 0.4) is 0 Å². The SMILES string of the molecule is CC1(C)c2ccccc2-c2ccc(-c3cc(N(c4ccc5c(c4)C(C)(C)c4ccccc4-5)c4cccc5ccccc45)c4oc5ccc6oc7ccccc7c6c5c4c3)cc21. The van der Waals surface area contributed by atoms with Gasteiger partial charge in [-0.15, -0.1) is 0 Å². The van der Waals surface area contributed by atoms with Crippen molar-refractivity contribution in [3.63, 3.8) is 0 Å². The summed E-state index contributed by atoms with van der Waals surface area (Å²) in [5.41, 5.74) is 19.2. The predicted octanol–water partition coefficient (Wildman–Crippen LogP) is 16.4. The van der Waals surface area contributed by atoms with Gasteiger partial charge in [0.2, 0.25) is 0 Å². The standard InChI is InChI=1S/C58H41NO2/c1-57(2)45-20-10-7-17-39(45)41-26-24-35(31-47(41)57)36-30-44-55-53(29-28-52-54(55)43-19-9-12-23-51(43)60-52)61-56(44)50(32-36)59(49-22-13-15-34-14-5-6-16-38(34)49)37-25-27-42-40-18-8-11-21-46(40)58(3,4)48(42)33-37/h5-33H,1-4H3.